The first-order valence-corrected chi connectivity index (χ1v) is 6.23. The van der Waals surface area contributed by atoms with E-state index in [1.54, 1.807) is 0 Å². The van der Waals surface area contributed by atoms with E-state index in [-0.39, 0.29) is 18.0 Å². The van der Waals surface area contributed by atoms with E-state index in [1.165, 1.54) is 12.8 Å². The molecular formula is C14H19NO2. The molecule has 0 radical (unpaired) electrons. The van der Waals surface area contributed by atoms with Crippen LogP contribution >= 0.6 is 0 Å². The van der Waals surface area contributed by atoms with Gasteiger partial charge in [0.15, 0.2) is 0 Å². The number of nitrogen functional groups attached to an aromatic ring is 1. The predicted octanol–water partition coefficient (Wildman–Crippen LogP) is 2.86. The molecule has 92 valence electrons. The molecule has 1 aromatic rings. The van der Waals surface area contributed by atoms with Gasteiger partial charge in [0.1, 0.15) is 6.10 Å². The minimum Gasteiger partial charge on any atom is -0.462 e. The maximum atomic E-state index is 11.9. The minimum absolute atomic E-state index is 0.131. The Bertz CT molecular complexity index is 397. The van der Waals surface area contributed by atoms with Crippen LogP contribution in [0.1, 0.15) is 44.1 Å². The molecule has 1 fully saturated rings. The fraction of sp³-hybridized carbons (Fsp3) is 0.500. The van der Waals surface area contributed by atoms with Crippen molar-refractivity contribution < 1.29 is 9.53 Å². The Morgan fingerprint density at radius 1 is 1.41 bits per heavy atom. The first kappa shape index (κ1) is 12.0. The summed E-state index contributed by atoms with van der Waals surface area (Å²) in [7, 11) is 0. The van der Waals surface area contributed by atoms with Crippen LogP contribution in [0.25, 0.3) is 0 Å². The maximum Gasteiger partial charge on any atom is 0.313 e. The lowest BCUT2D eigenvalue weighted by Crippen LogP contribution is -2.19. The van der Waals surface area contributed by atoms with Crippen molar-refractivity contribution in [3.8, 4) is 0 Å². The first-order valence-electron chi connectivity index (χ1n) is 6.23. The van der Waals surface area contributed by atoms with E-state index in [2.05, 4.69) is 0 Å². The molecule has 0 bridgehead atoms. The van der Waals surface area contributed by atoms with Gasteiger partial charge in [-0.2, -0.15) is 0 Å². The second-order valence-corrected chi connectivity index (χ2v) is 4.74. The van der Waals surface area contributed by atoms with Gasteiger partial charge in [-0.15, -0.1) is 0 Å². The van der Waals surface area contributed by atoms with Crippen LogP contribution < -0.4 is 5.73 Å². The second-order valence-electron chi connectivity index (χ2n) is 4.74. The number of esters is 1. The molecule has 0 aromatic heterocycles. The molecule has 1 unspecified atom stereocenters. The van der Waals surface area contributed by atoms with Crippen LogP contribution in [0.2, 0.25) is 0 Å². The quantitative estimate of drug-likeness (QED) is 0.645. The third kappa shape index (κ3) is 2.99. The zero-order valence-electron chi connectivity index (χ0n) is 10.2. The summed E-state index contributed by atoms with van der Waals surface area (Å²) in [5.74, 6) is -0.374. The molecule has 1 aliphatic rings. The fourth-order valence-electron chi connectivity index (χ4n) is 2.24. The molecule has 3 heteroatoms. The summed E-state index contributed by atoms with van der Waals surface area (Å²) in [5.41, 5.74) is 7.32. The van der Waals surface area contributed by atoms with Crippen molar-refractivity contribution in [2.45, 2.75) is 44.6 Å². The van der Waals surface area contributed by atoms with E-state index >= 15 is 0 Å². The topological polar surface area (TPSA) is 52.3 Å². The van der Waals surface area contributed by atoms with Crippen molar-refractivity contribution in [1.82, 2.24) is 0 Å². The SMILES string of the molecule is CC(C(=O)OC1CCCC1)c1cccc(N)c1. The smallest absolute Gasteiger partial charge is 0.313 e. The van der Waals surface area contributed by atoms with Crippen molar-refractivity contribution in [1.29, 1.82) is 0 Å². The molecule has 2 N–H and O–H groups in total. The van der Waals surface area contributed by atoms with Crippen molar-refractivity contribution in [2.75, 3.05) is 5.73 Å². The summed E-state index contributed by atoms with van der Waals surface area (Å²) >= 11 is 0. The molecule has 0 spiro atoms. The van der Waals surface area contributed by atoms with Crippen molar-refractivity contribution in [2.24, 2.45) is 0 Å². The molecule has 0 saturated heterocycles. The van der Waals surface area contributed by atoms with E-state index in [1.807, 2.05) is 31.2 Å². The van der Waals surface area contributed by atoms with Crippen LogP contribution in [0.15, 0.2) is 24.3 Å². The highest BCUT2D eigenvalue weighted by atomic mass is 16.5. The van der Waals surface area contributed by atoms with Crippen LogP contribution in [0.3, 0.4) is 0 Å². The number of anilines is 1. The van der Waals surface area contributed by atoms with E-state index in [9.17, 15) is 4.79 Å². The molecule has 1 atom stereocenters. The third-order valence-electron chi connectivity index (χ3n) is 3.35. The Kier molecular flexibility index (Phi) is 3.67. The largest absolute Gasteiger partial charge is 0.462 e. The number of carbonyl (C=O) groups excluding carboxylic acids is 1. The standard InChI is InChI=1S/C14H19NO2/c1-10(11-5-4-6-12(15)9-11)14(16)17-13-7-2-3-8-13/h4-6,9-10,13H,2-3,7-8,15H2,1H3. The van der Waals surface area contributed by atoms with Gasteiger partial charge in [0.2, 0.25) is 0 Å². The van der Waals surface area contributed by atoms with Crippen LogP contribution in [0, 0.1) is 0 Å². The summed E-state index contributed by atoms with van der Waals surface area (Å²) in [6.07, 6.45) is 4.49. The Hall–Kier alpha value is -1.51. The Morgan fingerprint density at radius 3 is 2.76 bits per heavy atom. The lowest BCUT2D eigenvalue weighted by Gasteiger charge is -2.16. The van der Waals surface area contributed by atoms with Gasteiger partial charge < -0.3 is 10.5 Å². The number of carbonyl (C=O) groups is 1. The average Bonchev–Trinajstić information content (AvgIpc) is 2.80. The van der Waals surface area contributed by atoms with Gasteiger partial charge in [-0.25, -0.2) is 0 Å². The lowest BCUT2D eigenvalue weighted by molar-refractivity contribution is -0.150. The van der Waals surface area contributed by atoms with E-state index in [0.29, 0.717) is 5.69 Å². The van der Waals surface area contributed by atoms with E-state index < -0.39 is 0 Å². The highest BCUT2D eigenvalue weighted by molar-refractivity contribution is 5.78. The zero-order valence-corrected chi connectivity index (χ0v) is 10.2. The van der Waals surface area contributed by atoms with Crippen LogP contribution in [-0.2, 0) is 9.53 Å². The van der Waals surface area contributed by atoms with Gasteiger partial charge in [-0.1, -0.05) is 12.1 Å². The molecule has 17 heavy (non-hydrogen) atoms. The van der Waals surface area contributed by atoms with Gasteiger partial charge in [-0.05, 0) is 50.3 Å². The summed E-state index contributed by atoms with van der Waals surface area (Å²) < 4.78 is 5.49. The summed E-state index contributed by atoms with van der Waals surface area (Å²) in [5, 5.41) is 0. The first-order chi connectivity index (χ1) is 8.16. The van der Waals surface area contributed by atoms with E-state index in [0.717, 1.165) is 18.4 Å². The number of hydrogen-bond donors (Lipinski definition) is 1. The molecule has 0 heterocycles. The van der Waals surface area contributed by atoms with Crippen LogP contribution in [-0.4, -0.2) is 12.1 Å². The maximum absolute atomic E-state index is 11.9. The lowest BCUT2D eigenvalue weighted by atomic mass is 10.0. The summed E-state index contributed by atoms with van der Waals surface area (Å²) in [4.78, 5) is 11.9. The molecule has 3 nitrogen and oxygen atoms in total. The van der Waals surface area contributed by atoms with Crippen molar-refractivity contribution >= 4 is 11.7 Å². The van der Waals surface area contributed by atoms with Crippen molar-refractivity contribution in [3.05, 3.63) is 29.8 Å². The predicted molar refractivity (Wildman–Crippen MR) is 67.6 cm³/mol. The molecule has 1 aromatic carbocycles. The number of hydrogen-bond acceptors (Lipinski definition) is 3. The molecule has 1 saturated carbocycles. The Labute approximate surface area is 102 Å². The molecule has 0 amide bonds. The minimum atomic E-state index is -0.237. The Morgan fingerprint density at radius 2 is 2.12 bits per heavy atom. The van der Waals surface area contributed by atoms with Crippen molar-refractivity contribution in [3.63, 3.8) is 0 Å². The van der Waals surface area contributed by atoms with Gasteiger partial charge in [0.05, 0.1) is 5.92 Å². The van der Waals surface area contributed by atoms with Gasteiger partial charge in [0.25, 0.3) is 0 Å². The van der Waals surface area contributed by atoms with Crippen LogP contribution in [0.4, 0.5) is 5.69 Å². The normalized spacial score (nSPS) is 17.9. The average molecular weight is 233 g/mol. The molecule has 0 aliphatic heterocycles. The number of rotatable bonds is 3. The molecule has 2 rings (SSSR count). The van der Waals surface area contributed by atoms with Crippen LogP contribution in [0.5, 0.6) is 0 Å². The highest BCUT2D eigenvalue weighted by Crippen LogP contribution is 2.25. The summed E-state index contributed by atoms with van der Waals surface area (Å²) in [6.45, 7) is 1.87. The molecule has 1 aliphatic carbocycles. The number of ether oxygens (including phenoxy) is 1. The highest BCUT2D eigenvalue weighted by Gasteiger charge is 2.23. The van der Waals surface area contributed by atoms with Gasteiger partial charge in [-0.3, -0.25) is 4.79 Å². The number of benzene rings is 1. The van der Waals surface area contributed by atoms with Gasteiger partial charge in [0, 0.05) is 5.69 Å². The number of nitrogens with two attached hydrogens (primary N) is 1. The zero-order chi connectivity index (χ0) is 12.3. The van der Waals surface area contributed by atoms with Gasteiger partial charge >= 0.3 is 5.97 Å². The molecular weight excluding hydrogens is 214 g/mol. The Balaban J connectivity index is 1.98. The third-order valence-corrected chi connectivity index (χ3v) is 3.35. The monoisotopic (exact) mass is 233 g/mol. The fourth-order valence-corrected chi connectivity index (χ4v) is 2.24. The second kappa shape index (κ2) is 5.21. The summed E-state index contributed by atoms with van der Waals surface area (Å²) in [6, 6.07) is 7.43. The van der Waals surface area contributed by atoms with E-state index in [4.69, 9.17) is 10.5 Å².